The Labute approximate surface area is 182 Å². The van der Waals surface area contributed by atoms with Gasteiger partial charge in [-0.1, -0.05) is 24.3 Å². The average Bonchev–Trinajstić information content (AvgIpc) is 3.29. The fourth-order valence-electron chi connectivity index (χ4n) is 3.85. The minimum Gasteiger partial charge on any atom is -0.358 e. The third kappa shape index (κ3) is 3.20. The van der Waals surface area contributed by atoms with Crippen LogP contribution in [0.2, 0.25) is 0 Å². The number of imidazole rings is 1. The molecule has 3 aromatic heterocycles. The van der Waals surface area contributed by atoms with Crippen molar-refractivity contribution in [1.29, 1.82) is 5.41 Å². The number of hydrogen-bond donors (Lipinski definition) is 3. The van der Waals surface area contributed by atoms with E-state index >= 15 is 0 Å². The minimum atomic E-state index is -0.377. The molecular weight excluding hydrogens is 404 g/mol. The van der Waals surface area contributed by atoms with E-state index in [9.17, 15) is 4.79 Å². The van der Waals surface area contributed by atoms with Gasteiger partial charge in [0, 0.05) is 6.21 Å². The van der Waals surface area contributed by atoms with Gasteiger partial charge >= 0.3 is 0 Å². The number of anilines is 1. The highest BCUT2D eigenvalue weighted by Crippen LogP contribution is 2.24. The zero-order valence-electron chi connectivity index (χ0n) is 17.5. The third-order valence-corrected chi connectivity index (χ3v) is 5.39. The number of H-pyrrole nitrogens is 1. The highest BCUT2D eigenvalue weighted by atomic mass is 16.1. The Hall–Kier alpha value is -4.40. The molecule has 5 aromatic rings. The molecule has 0 spiro atoms. The predicted molar refractivity (Wildman–Crippen MR) is 124 cm³/mol. The van der Waals surface area contributed by atoms with E-state index in [1.165, 1.54) is 12.5 Å². The maximum Gasteiger partial charge on any atom is 0.266 e. The zero-order valence-corrected chi connectivity index (χ0v) is 17.5. The van der Waals surface area contributed by atoms with Crippen LogP contribution in [-0.4, -0.2) is 35.7 Å². The van der Waals surface area contributed by atoms with Crippen molar-refractivity contribution in [3.8, 4) is 5.69 Å². The van der Waals surface area contributed by atoms with Crippen LogP contribution in [0.5, 0.6) is 0 Å². The molecule has 5 rings (SSSR count). The van der Waals surface area contributed by atoms with E-state index in [0.717, 1.165) is 5.56 Å². The molecular formula is C23H20N8O. The lowest BCUT2D eigenvalue weighted by molar-refractivity contribution is 0.731. The summed E-state index contributed by atoms with van der Waals surface area (Å²) in [6.07, 6.45) is 4.26. The lowest BCUT2D eigenvalue weighted by Crippen LogP contribution is -2.28. The van der Waals surface area contributed by atoms with E-state index in [4.69, 9.17) is 10.4 Å². The molecule has 0 bridgehead atoms. The number of rotatable bonds is 5. The molecule has 2 aromatic carbocycles. The second-order valence-electron chi connectivity index (χ2n) is 7.51. The molecule has 1 atom stereocenters. The maximum atomic E-state index is 13.7. The maximum absolute atomic E-state index is 13.7. The van der Waals surface area contributed by atoms with Crippen LogP contribution in [0, 0.1) is 12.3 Å². The fourth-order valence-corrected chi connectivity index (χ4v) is 3.85. The van der Waals surface area contributed by atoms with E-state index in [0.29, 0.717) is 45.0 Å². The number of benzene rings is 2. The van der Waals surface area contributed by atoms with Gasteiger partial charge < -0.3 is 15.7 Å². The van der Waals surface area contributed by atoms with Gasteiger partial charge in [-0.3, -0.25) is 9.36 Å². The van der Waals surface area contributed by atoms with Gasteiger partial charge in [-0.05, 0) is 43.2 Å². The summed E-state index contributed by atoms with van der Waals surface area (Å²) in [6.45, 7) is 3.83. The molecule has 3 heterocycles. The number of nitrogens with one attached hydrogen (secondary N) is 3. The van der Waals surface area contributed by atoms with Crippen LogP contribution in [0.25, 0.3) is 27.8 Å². The first-order valence-electron chi connectivity index (χ1n) is 10.1. The molecule has 0 aliphatic rings. The quantitative estimate of drug-likeness (QED) is 0.371. The van der Waals surface area contributed by atoms with E-state index in [-0.39, 0.29) is 11.6 Å². The van der Waals surface area contributed by atoms with Gasteiger partial charge in [0.05, 0.1) is 29.0 Å². The second-order valence-corrected chi connectivity index (χ2v) is 7.51. The standard InChI is InChI=1S/C23H20N8O/c1-13-5-3-8-17-18(13)23(32)31(16-7-4-6-15(9-16)10-24)22(30-17)14(2)29-21-19-20(26-11-25-19)27-12-28-21/h3-12,14,24H,1-2H3,(H2,25,26,27,28,29). The SMILES string of the molecule is Cc1cccc2nc(C(C)Nc3ncnc4nc[nH]c34)n(-c3cccc(C=N)c3)c(=O)c12. The Kier molecular flexibility index (Phi) is 4.70. The number of aryl methyl sites for hydroxylation is 1. The van der Waals surface area contributed by atoms with Crippen molar-refractivity contribution >= 4 is 34.1 Å². The number of hydrogen-bond acceptors (Lipinski definition) is 7. The highest BCUT2D eigenvalue weighted by molar-refractivity contribution is 5.83. The monoisotopic (exact) mass is 424 g/mol. The van der Waals surface area contributed by atoms with Crippen LogP contribution in [0.3, 0.4) is 0 Å². The molecule has 9 heteroatoms. The van der Waals surface area contributed by atoms with E-state index in [1.54, 1.807) is 17.0 Å². The largest absolute Gasteiger partial charge is 0.358 e. The van der Waals surface area contributed by atoms with Gasteiger partial charge in [-0.15, -0.1) is 0 Å². The summed E-state index contributed by atoms with van der Waals surface area (Å²) in [7, 11) is 0. The molecule has 3 N–H and O–H groups in total. The van der Waals surface area contributed by atoms with Crippen molar-refractivity contribution in [2.75, 3.05) is 5.32 Å². The van der Waals surface area contributed by atoms with Crippen molar-refractivity contribution in [2.24, 2.45) is 0 Å². The normalized spacial score (nSPS) is 12.2. The molecule has 32 heavy (non-hydrogen) atoms. The molecule has 1 unspecified atom stereocenters. The van der Waals surface area contributed by atoms with Gasteiger partial charge in [0.1, 0.15) is 17.7 Å². The molecule has 0 saturated heterocycles. The van der Waals surface area contributed by atoms with Crippen molar-refractivity contribution in [2.45, 2.75) is 19.9 Å². The summed E-state index contributed by atoms with van der Waals surface area (Å²) in [4.78, 5) is 34.3. The first-order chi connectivity index (χ1) is 15.6. The van der Waals surface area contributed by atoms with Gasteiger partial charge in [0.15, 0.2) is 11.5 Å². The molecule has 0 radical (unpaired) electrons. The van der Waals surface area contributed by atoms with E-state index in [2.05, 4.69) is 25.3 Å². The van der Waals surface area contributed by atoms with Crippen LogP contribution in [-0.2, 0) is 0 Å². The molecule has 158 valence electrons. The Balaban J connectivity index is 1.73. The fraction of sp³-hybridized carbons (Fsp3) is 0.130. The Morgan fingerprint density at radius 1 is 1.16 bits per heavy atom. The number of aromatic amines is 1. The van der Waals surface area contributed by atoms with Crippen molar-refractivity contribution in [1.82, 2.24) is 29.5 Å². The van der Waals surface area contributed by atoms with Crippen molar-refractivity contribution < 1.29 is 0 Å². The van der Waals surface area contributed by atoms with Crippen LogP contribution in [0.4, 0.5) is 5.82 Å². The van der Waals surface area contributed by atoms with Crippen LogP contribution >= 0.6 is 0 Å². The summed E-state index contributed by atoms with van der Waals surface area (Å²) in [6, 6.07) is 12.5. The van der Waals surface area contributed by atoms with E-state index < -0.39 is 0 Å². The highest BCUT2D eigenvalue weighted by Gasteiger charge is 2.20. The lowest BCUT2D eigenvalue weighted by Gasteiger charge is -2.20. The Bertz CT molecular complexity index is 1530. The second kappa shape index (κ2) is 7.69. The average molecular weight is 424 g/mol. The van der Waals surface area contributed by atoms with Crippen LogP contribution < -0.4 is 10.9 Å². The summed E-state index contributed by atoms with van der Waals surface area (Å²) in [5.74, 6) is 1.10. The molecule has 0 amide bonds. The van der Waals surface area contributed by atoms with Gasteiger partial charge in [0.25, 0.3) is 5.56 Å². The van der Waals surface area contributed by atoms with Crippen molar-refractivity contribution in [3.63, 3.8) is 0 Å². The lowest BCUT2D eigenvalue weighted by atomic mass is 10.1. The van der Waals surface area contributed by atoms with Crippen molar-refractivity contribution in [3.05, 3.63) is 82.4 Å². The topological polar surface area (TPSA) is 125 Å². The minimum absolute atomic E-state index is 0.159. The van der Waals surface area contributed by atoms with Crippen LogP contribution in [0.1, 0.15) is 29.9 Å². The number of fused-ring (bicyclic) bond motifs is 2. The molecule has 0 fully saturated rings. The Morgan fingerprint density at radius 3 is 2.84 bits per heavy atom. The zero-order chi connectivity index (χ0) is 22.2. The summed E-state index contributed by atoms with van der Waals surface area (Å²) in [5, 5.41) is 11.5. The first kappa shape index (κ1) is 19.6. The van der Waals surface area contributed by atoms with E-state index in [1.807, 2.05) is 50.2 Å². The van der Waals surface area contributed by atoms with Gasteiger partial charge in [-0.25, -0.2) is 19.9 Å². The molecule has 0 aliphatic heterocycles. The summed E-state index contributed by atoms with van der Waals surface area (Å²) >= 11 is 0. The summed E-state index contributed by atoms with van der Waals surface area (Å²) in [5.41, 5.74) is 3.90. The smallest absolute Gasteiger partial charge is 0.266 e. The summed E-state index contributed by atoms with van der Waals surface area (Å²) < 4.78 is 1.60. The first-order valence-corrected chi connectivity index (χ1v) is 10.1. The molecule has 9 nitrogen and oxygen atoms in total. The number of aromatic nitrogens is 6. The molecule has 0 aliphatic carbocycles. The predicted octanol–water partition coefficient (Wildman–Crippen LogP) is 3.53. The molecule has 0 saturated carbocycles. The third-order valence-electron chi connectivity index (χ3n) is 5.39. The van der Waals surface area contributed by atoms with Gasteiger partial charge in [0.2, 0.25) is 0 Å². The Morgan fingerprint density at radius 2 is 2.00 bits per heavy atom. The van der Waals surface area contributed by atoms with Crippen LogP contribution in [0.15, 0.2) is 59.9 Å². The number of nitrogens with zero attached hydrogens (tertiary/aromatic N) is 5. The van der Waals surface area contributed by atoms with Gasteiger partial charge in [-0.2, -0.15) is 0 Å².